The maximum atomic E-state index is 10.6. The number of hydrogen-bond acceptors (Lipinski definition) is 5. The van der Waals surface area contributed by atoms with Gasteiger partial charge in [0.25, 0.3) is 5.69 Å². The molecular weight excluding hydrogens is 248 g/mol. The van der Waals surface area contributed by atoms with Gasteiger partial charge in [0.1, 0.15) is 5.75 Å². The third-order valence-electron chi connectivity index (χ3n) is 2.93. The number of hydrogen-bond donors (Lipinski definition) is 3. The smallest absolute Gasteiger partial charge is 0.270 e. The highest BCUT2D eigenvalue weighted by Gasteiger charge is 2.21. The molecule has 19 heavy (non-hydrogen) atoms. The van der Waals surface area contributed by atoms with Crippen molar-refractivity contribution in [2.45, 2.75) is 33.4 Å². The van der Waals surface area contributed by atoms with Crippen molar-refractivity contribution in [3.05, 3.63) is 33.9 Å². The first kappa shape index (κ1) is 15.4. The number of phenolic OH excluding ortho intramolecular Hbond substituents is 1. The van der Waals surface area contributed by atoms with Crippen molar-refractivity contribution in [3.63, 3.8) is 0 Å². The first-order valence-electron chi connectivity index (χ1n) is 6.07. The number of aromatic hydroxyl groups is 1. The van der Waals surface area contributed by atoms with Gasteiger partial charge in [-0.15, -0.1) is 0 Å². The van der Waals surface area contributed by atoms with Crippen LogP contribution in [0.1, 0.15) is 26.3 Å². The minimum atomic E-state index is -0.534. The molecule has 0 aromatic heterocycles. The molecule has 0 bridgehead atoms. The van der Waals surface area contributed by atoms with Crippen molar-refractivity contribution >= 4 is 5.69 Å². The highest BCUT2D eigenvalue weighted by atomic mass is 16.6. The van der Waals surface area contributed by atoms with Crippen molar-refractivity contribution in [1.29, 1.82) is 0 Å². The van der Waals surface area contributed by atoms with Crippen LogP contribution in [0.25, 0.3) is 0 Å². The average Bonchev–Trinajstić information content (AvgIpc) is 2.29. The number of benzene rings is 1. The summed E-state index contributed by atoms with van der Waals surface area (Å²) in [6.45, 7) is 6.38. The van der Waals surface area contributed by atoms with Crippen LogP contribution in [0.4, 0.5) is 5.69 Å². The second-order valence-corrected chi connectivity index (χ2v) is 5.58. The molecule has 106 valence electrons. The largest absolute Gasteiger partial charge is 0.508 e. The Labute approximate surface area is 112 Å². The second-order valence-electron chi connectivity index (χ2n) is 5.58. The summed E-state index contributed by atoms with van der Waals surface area (Å²) < 4.78 is 0. The average molecular weight is 268 g/mol. The molecule has 1 aromatic carbocycles. The van der Waals surface area contributed by atoms with Gasteiger partial charge < -0.3 is 15.5 Å². The molecule has 6 nitrogen and oxygen atoms in total. The molecule has 6 heteroatoms. The number of rotatable bonds is 5. The fraction of sp³-hybridized carbons (Fsp3) is 0.538. The van der Waals surface area contributed by atoms with Crippen molar-refractivity contribution < 1.29 is 15.1 Å². The number of nitro benzene ring substituents is 1. The number of phenols is 1. The molecule has 0 heterocycles. The molecule has 0 amide bonds. The van der Waals surface area contributed by atoms with Crippen LogP contribution >= 0.6 is 0 Å². The van der Waals surface area contributed by atoms with Gasteiger partial charge >= 0.3 is 0 Å². The van der Waals surface area contributed by atoms with Crippen molar-refractivity contribution in [1.82, 2.24) is 5.32 Å². The van der Waals surface area contributed by atoms with Gasteiger partial charge in [0.05, 0.1) is 11.0 Å². The van der Waals surface area contributed by atoms with Crippen LogP contribution in [-0.2, 0) is 6.54 Å². The lowest BCUT2D eigenvalue weighted by Gasteiger charge is -2.26. The molecule has 0 aliphatic rings. The van der Waals surface area contributed by atoms with E-state index in [0.717, 1.165) is 0 Å². The van der Waals surface area contributed by atoms with Gasteiger partial charge in [0, 0.05) is 30.8 Å². The lowest BCUT2D eigenvalue weighted by Crippen LogP contribution is -2.36. The summed E-state index contributed by atoms with van der Waals surface area (Å²) in [5.74, 6) is 0.00310. The number of nitro groups is 1. The monoisotopic (exact) mass is 268 g/mol. The maximum Gasteiger partial charge on any atom is 0.270 e. The number of aliphatic hydroxyl groups excluding tert-OH is 1. The van der Waals surface area contributed by atoms with Crippen LogP contribution < -0.4 is 5.32 Å². The Morgan fingerprint density at radius 2 is 2.05 bits per heavy atom. The van der Waals surface area contributed by atoms with E-state index < -0.39 is 11.0 Å². The Morgan fingerprint density at radius 3 is 2.58 bits per heavy atom. The van der Waals surface area contributed by atoms with E-state index in [1.54, 1.807) is 0 Å². The molecule has 1 aromatic rings. The molecule has 3 N–H and O–H groups in total. The lowest BCUT2D eigenvalue weighted by molar-refractivity contribution is -0.384. The Kier molecular flexibility index (Phi) is 4.85. The van der Waals surface area contributed by atoms with Crippen molar-refractivity contribution in [3.8, 4) is 5.75 Å². The summed E-state index contributed by atoms with van der Waals surface area (Å²) in [4.78, 5) is 10.1. The van der Waals surface area contributed by atoms with Gasteiger partial charge in [-0.25, -0.2) is 0 Å². The quantitative estimate of drug-likeness (QED) is 0.559. The molecule has 0 aliphatic heterocycles. The normalized spacial score (nSPS) is 13.3. The van der Waals surface area contributed by atoms with Crippen LogP contribution in [0.3, 0.4) is 0 Å². The minimum Gasteiger partial charge on any atom is -0.508 e. The maximum absolute atomic E-state index is 10.6. The van der Waals surface area contributed by atoms with Crippen LogP contribution in [0.15, 0.2) is 18.2 Å². The van der Waals surface area contributed by atoms with Crippen LogP contribution in [-0.4, -0.2) is 27.8 Å². The molecule has 0 saturated heterocycles. The molecule has 0 spiro atoms. The zero-order valence-electron chi connectivity index (χ0n) is 11.4. The standard InChI is InChI=1S/C13H20N2O4/c1-13(2,3)12(17)8-14-7-9-6-10(15(18)19)4-5-11(9)16/h4-6,12,14,16-17H,7-8H2,1-3H3. The van der Waals surface area contributed by atoms with Crippen LogP contribution in [0.2, 0.25) is 0 Å². The second kappa shape index (κ2) is 5.99. The third-order valence-corrected chi connectivity index (χ3v) is 2.93. The van der Waals surface area contributed by atoms with E-state index >= 15 is 0 Å². The third kappa shape index (κ3) is 4.50. The number of nitrogens with one attached hydrogen (secondary N) is 1. The van der Waals surface area contributed by atoms with Gasteiger partial charge in [0.15, 0.2) is 0 Å². The van der Waals surface area contributed by atoms with Gasteiger partial charge in [0.2, 0.25) is 0 Å². The molecular formula is C13H20N2O4. The van der Waals surface area contributed by atoms with Gasteiger partial charge in [-0.2, -0.15) is 0 Å². The highest BCUT2D eigenvalue weighted by molar-refractivity contribution is 5.42. The molecule has 1 atom stereocenters. The number of non-ortho nitro benzene ring substituents is 1. The Bertz CT molecular complexity index is 454. The Morgan fingerprint density at radius 1 is 1.42 bits per heavy atom. The van der Waals surface area contributed by atoms with E-state index in [-0.39, 0.29) is 23.4 Å². The van der Waals surface area contributed by atoms with E-state index in [4.69, 9.17) is 0 Å². The fourth-order valence-corrected chi connectivity index (χ4v) is 1.48. The van der Waals surface area contributed by atoms with E-state index in [0.29, 0.717) is 12.1 Å². The fourth-order valence-electron chi connectivity index (χ4n) is 1.48. The minimum absolute atomic E-state index is 0.00310. The van der Waals surface area contributed by atoms with E-state index in [1.165, 1.54) is 18.2 Å². The summed E-state index contributed by atoms with van der Waals surface area (Å²) in [5.41, 5.74) is 0.138. The van der Waals surface area contributed by atoms with Crippen molar-refractivity contribution in [2.75, 3.05) is 6.54 Å². The van der Waals surface area contributed by atoms with Gasteiger partial charge in [-0.3, -0.25) is 10.1 Å². The predicted molar refractivity (Wildman–Crippen MR) is 71.9 cm³/mol. The molecule has 1 rings (SSSR count). The molecule has 0 aliphatic carbocycles. The molecule has 0 fully saturated rings. The number of aliphatic hydroxyl groups is 1. The van der Waals surface area contributed by atoms with Crippen molar-refractivity contribution in [2.24, 2.45) is 5.41 Å². The first-order chi connectivity index (χ1) is 8.71. The number of nitrogens with zero attached hydrogens (tertiary/aromatic N) is 1. The zero-order chi connectivity index (χ0) is 14.6. The van der Waals surface area contributed by atoms with Gasteiger partial charge in [-0.1, -0.05) is 20.8 Å². The predicted octanol–water partition coefficient (Wildman–Crippen LogP) is 1.80. The SMILES string of the molecule is CC(C)(C)C(O)CNCc1cc([N+](=O)[O-])ccc1O. The van der Waals surface area contributed by atoms with Gasteiger partial charge in [-0.05, 0) is 11.5 Å². The summed E-state index contributed by atoms with van der Waals surface area (Å²) >= 11 is 0. The molecule has 0 radical (unpaired) electrons. The Hall–Kier alpha value is -1.66. The zero-order valence-corrected chi connectivity index (χ0v) is 11.4. The van der Waals surface area contributed by atoms with E-state index in [2.05, 4.69) is 5.32 Å². The molecule has 0 saturated carbocycles. The van der Waals surface area contributed by atoms with Crippen LogP contribution in [0, 0.1) is 15.5 Å². The first-order valence-corrected chi connectivity index (χ1v) is 6.07. The van der Waals surface area contributed by atoms with E-state index in [9.17, 15) is 20.3 Å². The highest BCUT2D eigenvalue weighted by Crippen LogP contribution is 2.23. The van der Waals surface area contributed by atoms with Crippen LogP contribution in [0.5, 0.6) is 5.75 Å². The summed E-state index contributed by atoms with van der Waals surface area (Å²) in [7, 11) is 0. The topological polar surface area (TPSA) is 95.6 Å². The molecule has 1 unspecified atom stereocenters. The summed E-state index contributed by atoms with van der Waals surface area (Å²) in [6, 6.07) is 3.88. The summed E-state index contributed by atoms with van der Waals surface area (Å²) in [5, 5.41) is 33.1. The summed E-state index contributed by atoms with van der Waals surface area (Å²) in [6.07, 6.45) is -0.534. The Balaban J connectivity index is 2.63. The van der Waals surface area contributed by atoms with E-state index in [1.807, 2.05) is 20.8 Å². The lowest BCUT2D eigenvalue weighted by atomic mass is 9.89.